The Morgan fingerprint density at radius 1 is 0.514 bits per heavy atom. The van der Waals surface area contributed by atoms with Crippen LogP contribution in [0.2, 0.25) is 0 Å². The molecule has 70 heavy (non-hydrogen) atoms. The minimum absolute atomic E-state index is 0.0907. The molecule has 0 radical (unpaired) electrons. The van der Waals surface area contributed by atoms with Crippen LogP contribution in [0.5, 0.6) is 11.5 Å². The van der Waals surface area contributed by atoms with Gasteiger partial charge in [-0.25, -0.2) is 0 Å². The lowest BCUT2D eigenvalue weighted by Crippen LogP contribution is -2.20. The van der Waals surface area contributed by atoms with Crippen LogP contribution in [0, 0.1) is 0 Å². The third kappa shape index (κ3) is 12.3. The number of hydrogen-bond acceptors (Lipinski definition) is 8. The molecule has 11 nitrogen and oxygen atoms in total. The predicted molar refractivity (Wildman–Crippen MR) is 280 cm³/mol. The summed E-state index contributed by atoms with van der Waals surface area (Å²) >= 11 is 0. The van der Waals surface area contributed by atoms with Gasteiger partial charge in [0.05, 0.1) is 23.3 Å². The van der Waals surface area contributed by atoms with Gasteiger partial charge >= 0.3 is 7.37 Å². The summed E-state index contributed by atoms with van der Waals surface area (Å²) in [4.78, 5) is 41.2. The van der Waals surface area contributed by atoms with Crippen molar-refractivity contribution in [1.29, 1.82) is 0 Å². The number of anilines is 3. The number of nitrogens with one attached hydrogen (secondary N) is 3. The third-order valence-electron chi connectivity index (χ3n) is 11.4. The lowest BCUT2D eigenvalue weighted by Gasteiger charge is -2.20. The van der Waals surface area contributed by atoms with Crippen LogP contribution >= 0.6 is 14.5 Å². The van der Waals surface area contributed by atoms with Gasteiger partial charge in [-0.1, -0.05) is 121 Å². The van der Waals surface area contributed by atoms with Crippen LogP contribution in [-0.2, 0) is 20.1 Å². The van der Waals surface area contributed by atoms with Gasteiger partial charge in [0.1, 0.15) is 18.6 Å². The van der Waals surface area contributed by atoms with E-state index in [-0.39, 0.29) is 41.9 Å². The number of rotatable bonds is 19. The summed E-state index contributed by atoms with van der Waals surface area (Å²) in [6.45, 7) is 1.94. The van der Waals surface area contributed by atoms with E-state index in [1.165, 1.54) is 18.2 Å². The zero-order valence-corrected chi connectivity index (χ0v) is 40.1. The molecule has 0 aliphatic rings. The lowest BCUT2D eigenvalue weighted by atomic mass is 10.1. The van der Waals surface area contributed by atoms with Crippen molar-refractivity contribution in [2.75, 3.05) is 22.6 Å². The van der Waals surface area contributed by atoms with Crippen molar-refractivity contribution in [2.24, 2.45) is 0 Å². The predicted octanol–water partition coefficient (Wildman–Crippen LogP) is 10.9. The second kappa shape index (κ2) is 22.5. The number of carbonyl (C=O) groups excluding carboxylic acids is 3. The number of aliphatic hydroxyl groups excluding tert-OH is 1. The van der Waals surface area contributed by atoms with Gasteiger partial charge in [-0.15, -0.1) is 0 Å². The van der Waals surface area contributed by atoms with Crippen LogP contribution in [0.3, 0.4) is 0 Å². The van der Waals surface area contributed by atoms with Crippen molar-refractivity contribution in [3.05, 3.63) is 235 Å². The van der Waals surface area contributed by atoms with Crippen molar-refractivity contribution in [1.82, 2.24) is 0 Å². The van der Waals surface area contributed by atoms with E-state index in [1.54, 1.807) is 116 Å². The number of aliphatic hydroxyl groups is 1. The summed E-state index contributed by atoms with van der Waals surface area (Å²) in [6, 6.07) is 61.9. The molecule has 0 aliphatic carbocycles. The smallest absolute Gasteiger partial charge is 0.306 e. The van der Waals surface area contributed by atoms with Crippen molar-refractivity contribution in [3.63, 3.8) is 0 Å². The SMILES string of the molecule is CC(O)c1ccc(OCCCC(=O)Nc2cc(C(=O)Nc3ccc(CP(=O)(c4ccccc4)c4ccccc4)cc3)cc(C(=O)Nc3ccc(OP(=O)(c4ccccc4)c4ccccc4)cc3)c2)cc1. The Hall–Kier alpha value is -7.81. The molecule has 3 amide bonds. The Morgan fingerprint density at radius 3 is 1.43 bits per heavy atom. The third-order valence-corrected chi connectivity index (χ3v) is 16.9. The Morgan fingerprint density at radius 2 is 0.957 bits per heavy atom. The normalized spacial score (nSPS) is 11.7. The fraction of sp³-hybridized carbons (Fsp3) is 0.105. The maximum Gasteiger partial charge on any atom is 0.306 e. The maximum atomic E-state index is 14.7. The summed E-state index contributed by atoms with van der Waals surface area (Å²) in [6.07, 6.45) is 0.148. The lowest BCUT2D eigenvalue weighted by molar-refractivity contribution is -0.116. The van der Waals surface area contributed by atoms with E-state index in [9.17, 15) is 28.6 Å². The van der Waals surface area contributed by atoms with Gasteiger partial charge < -0.3 is 34.9 Å². The Labute approximate surface area is 407 Å². The van der Waals surface area contributed by atoms with Crippen molar-refractivity contribution < 1.29 is 37.9 Å². The monoisotopic (exact) mass is 967 g/mol. The zero-order chi connectivity index (χ0) is 48.9. The van der Waals surface area contributed by atoms with Gasteiger partial charge in [0.15, 0.2) is 0 Å². The standard InChI is InChI=1S/C57H51N3O8P2/c1-41(61)43-26-32-49(33-27-43)67-36-14-23-55(62)58-48-38-44(56(63)59-46-28-24-42(25-29-46)40-69(65,51-15-6-2-7-16-51)52-17-8-3-9-18-52)37-45(39-48)57(64)60-47-30-34-50(35-31-47)68-70(66,53-19-10-4-11-20-53)54-21-12-5-13-22-54/h2-13,15-22,24-35,37-39,41,61H,14,23,36,40H2,1H3,(H,58,62)(H,59,63)(H,60,64). The van der Waals surface area contributed by atoms with E-state index in [2.05, 4.69) is 16.0 Å². The highest BCUT2D eigenvalue weighted by atomic mass is 31.2. The first-order valence-corrected chi connectivity index (χ1v) is 26.3. The highest BCUT2D eigenvalue weighted by molar-refractivity contribution is 7.78. The van der Waals surface area contributed by atoms with E-state index in [0.29, 0.717) is 39.9 Å². The average Bonchev–Trinajstić information content (AvgIpc) is 3.39. The molecule has 1 unspecified atom stereocenters. The fourth-order valence-corrected chi connectivity index (χ4v) is 12.5. The van der Waals surface area contributed by atoms with Gasteiger partial charge in [-0.05, 0) is 115 Å². The van der Waals surface area contributed by atoms with E-state index in [1.807, 2.05) is 84.9 Å². The van der Waals surface area contributed by atoms with Crippen molar-refractivity contribution in [3.8, 4) is 11.5 Å². The van der Waals surface area contributed by atoms with Crippen LogP contribution < -0.4 is 46.4 Å². The van der Waals surface area contributed by atoms with Crippen LogP contribution in [0.1, 0.15) is 57.7 Å². The van der Waals surface area contributed by atoms with Crippen LogP contribution in [-0.4, -0.2) is 29.4 Å². The summed E-state index contributed by atoms with van der Waals surface area (Å²) in [5.74, 6) is -0.509. The number of benzene rings is 8. The van der Waals surface area contributed by atoms with Crippen molar-refractivity contribution in [2.45, 2.75) is 32.0 Å². The average molecular weight is 968 g/mol. The molecule has 0 fully saturated rings. The number of hydrogen-bond donors (Lipinski definition) is 4. The zero-order valence-electron chi connectivity index (χ0n) is 38.3. The molecule has 0 spiro atoms. The van der Waals surface area contributed by atoms with E-state index >= 15 is 0 Å². The maximum absolute atomic E-state index is 14.7. The highest BCUT2D eigenvalue weighted by Crippen LogP contribution is 2.47. The largest absolute Gasteiger partial charge is 0.494 e. The molecule has 0 saturated carbocycles. The van der Waals surface area contributed by atoms with Crippen molar-refractivity contribution >= 4 is 70.5 Å². The molecule has 4 N–H and O–H groups in total. The van der Waals surface area contributed by atoms with E-state index in [4.69, 9.17) is 9.26 Å². The van der Waals surface area contributed by atoms with E-state index < -0.39 is 32.4 Å². The first-order chi connectivity index (χ1) is 33.9. The second-order valence-electron chi connectivity index (χ2n) is 16.6. The summed E-state index contributed by atoms with van der Waals surface area (Å²) < 4.78 is 41.2. The molecule has 8 aromatic rings. The molecule has 13 heteroatoms. The van der Waals surface area contributed by atoms with Crippen LogP contribution in [0.15, 0.2) is 212 Å². The Balaban J connectivity index is 0.982. The minimum atomic E-state index is -3.54. The molecule has 8 aromatic carbocycles. The highest BCUT2D eigenvalue weighted by Gasteiger charge is 2.30. The van der Waals surface area contributed by atoms with Crippen LogP contribution in [0.25, 0.3) is 0 Å². The number of carbonyl (C=O) groups is 3. The first-order valence-electron chi connectivity index (χ1n) is 22.7. The molecule has 0 heterocycles. The van der Waals surface area contributed by atoms with Gasteiger partial charge in [-0.2, -0.15) is 0 Å². The first kappa shape index (κ1) is 48.6. The molecular formula is C57H51N3O8P2. The molecule has 1 atom stereocenters. The summed E-state index contributed by atoms with van der Waals surface area (Å²) in [5, 5.41) is 21.0. The van der Waals surface area contributed by atoms with Gasteiger partial charge in [-0.3, -0.25) is 18.9 Å². The molecule has 0 aromatic heterocycles. The number of ether oxygens (including phenoxy) is 1. The molecule has 8 rings (SSSR count). The van der Waals surface area contributed by atoms with Gasteiger partial charge in [0.25, 0.3) is 11.8 Å². The van der Waals surface area contributed by atoms with Crippen LogP contribution in [0.4, 0.5) is 17.1 Å². The molecule has 0 saturated heterocycles. The molecule has 352 valence electrons. The van der Waals surface area contributed by atoms with E-state index in [0.717, 1.165) is 21.7 Å². The summed E-state index contributed by atoms with van der Waals surface area (Å²) in [5.41, 5.74) is 2.88. The Kier molecular flexibility index (Phi) is 15.7. The van der Waals surface area contributed by atoms with Gasteiger partial charge in [0, 0.05) is 51.4 Å². The Bertz CT molecular complexity index is 2880. The quantitative estimate of drug-likeness (QED) is 0.0460. The molecule has 0 aliphatic heterocycles. The fourth-order valence-electron chi connectivity index (χ4n) is 7.73. The minimum Gasteiger partial charge on any atom is -0.494 e. The van der Waals surface area contributed by atoms with Gasteiger partial charge in [0.2, 0.25) is 5.91 Å². The molecule has 0 bridgehead atoms. The number of amides is 3. The topological polar surface area (TPSA) is 160 Å². The summed E-state index contributed by atoms with van der Waals surface area (Å²) in [7, 11) is -6.59. The molecular weight excluding hydrogens is 917 g/mol. The second-order valence-corrected chi connectivity index (χ2v) is 21.7.